The molecule has 0 N–H and O–H groups in total. The van der Waals surface area contributed by atoms with E-state index in [0.29, 0.717) is 0 Å². The molecule has 0 saturated carbocycles. The van der Waals surface area contributed by atoms with Crippen LogP contribution in [-0.2, 0) is 53.2 Å². The minimum absolute atomic E-state index is 0. The van der Waals surface area contributed by atoms with E-state index in [-0.39, 0.29) is 98.9 Å². The van der Waals surface area contributed by atoms with Gasteiger partial charge in [0, 0.05) is 0 Å². The molecule has 0 aliphatic carbocycles. The maximum absolute atomic E-state index is 0. The Hall–Kier alpha value is 2.18. The first-order valence-electron chi connectivity index (χ1n) is 0. The standard InChI is InChI=1S/Ga.Hf.In.5O/q+3;+4;+3;5*-2. The normalized spacial score (nSPS) is 0. The van der Waals surface area contributed by atoms with Crippen molar-refractivity contribution < 1.29 is 53.2 Å². The summed E-state index contributed by atoms with van der Waals surface area (Å²) >= 11 is 0. The Bertz CT molecular complexity index is 12.4. The van der Waals surface area contributed by atoms with Gasteiger partial charge in [-0.25, -0.2) is 0 Å². The molecule has 0 aromatic carbocycles. The molecule has 8 heavy (non-hydrogen) atoms. The Balaban J connectivity index is 0. The van der Waals surface area contributed by atoms with Gasteiger partial charge < -0.3 is 27.4 Å². The topological polar surface area (TPSA) is 142 Å². The fourth-order valence-corrected chi connectivity index (χ4v) is 0. The van der Waals surface area contributed by atoms with Crippen LogP contribution < -0.4 is 0 Å². The molecule has 0 aliphatic rings. The first-order valence-corrected chi connectivity index (χ1v) is 0. The molecule has 0 saturated heterocycles. The second-order valence-electron chi connectivity index (χ2n) is 0. The molecule has 40 valence electrons. The third-order valence-corrected chi connectivity index (χ3v) is 0. The predicted octanol–water partition coefficient (Wildman–Crippen LogP) is -1.36. The van der Waals surface area contributed by atoms with Crippen molar-refractivity contribution >= 4 is 45.6 Å². The van der Waals surface area contributed by atoms with E-state index in [1.54, 1.807) is 0 Å². The summed E-state index contributed by atoms with van der Waals surface area (Å²) in [6, 6.07) is 0. The number of rotatable bonds is 0. The van der Waals surface area contributed by atoms with Crippen molar-refractivity contribution in [2.24, 2.45) is 0 Å². The molecule has 0 aromatic heterocycles. The summed E-state index contributed by atoms with van der Waals surface area (Å²) in [6.07, 6.45) is 0. The van der Waals surface area contributed by atoms with Crippen molar-refractivity contribution in [3.8, 4) is 0 Å². The monoisotopic (exact) mass is 444 g/mol. The maximum atomic E-state index is 0. The van der Waals surface area contributed by atoms with Gasteiger partial charge in [0.1, 0.15) is 0 Å². The van der Waals surface area contributed by atoms with Crippen LogP contribution in [0.2, 0.25) is 0 Å². The van der Waals surface area contributed by atoms with Crippen molar-refractivity contribution in [3.05, 3.63) is 0 Å². The second kappa shape index (κ2) is 129. The Morgan fingerprint density at radius 2 is 0.500 bits per heavy atom. The first-order chi connectivity index (χ1) is 0. The average molecular weight is 443 g/mol. The average Bonchev–Trinajstić information content (AvgIpc) is 0. The van der Waals surface area contributed by atoms with Crippen LogP contribution >= 0.6 is 0 Å². The fourth-order valence-electron chi connectivity index (χ4n) is 0. The van der Waals surface area contributed by atoms with Crippen LogP contribution in [0.4, 0.5) is 0 Å². The molecule has 0 spiro atoms. The summed E-state index contributed by atoms with van der Waals surface area (Å²) in [7, 11) is 0. The second-order valence-corrected chi connectivity index (χ2v) is 0. The van der Waals surface area contributed by atoms with Gasteiger partial charge in [-0.15, -0.1) is 0 Å². The third-order valence-electron chi connectivity index (χ3n) is 0. The quantitative estimate of drug-likeness (QED) is 0.408. The molecule has 8 heteroatoms. The van der Waals surface area contributed by atoms with E-state index in [2.05, 4.69) is 0 Å². The molecule has 0 radical (unpaired) electrons. The molecule has 0 amide bonds. The molecule has 0 unspecified atom stereocenters. The molecule has 0 fully saturated rings. The van der Waals surface area contributed by atoms with E-state index in [1.807, 2.05) is 0 Å². The van der Waals surface area contributed by atoms with Gasteiger partial charge in [0.15, 0.2) is 0 Å². The van der Waals surface area contributed by atoms with Gasteiger partial charge in [-0.05, 0) is 0 Å². The zero-order valence-electron chi connectivity index (χ0n) is 3.70. The van der Waals surface area contributed by atoms with Crippen molar-refractivity contribution in [3.63, 3.8) is 0 Å². The summed E-state index contributed by atoms with van der Waals surface area (Å²) in [6.45, 7) is 0. The third kappa shape index (κ3) is 88.9. The van der Waals surface area contributed by atoms with Crippen molar-refractivity contribution in [2.45, 2.75) is 0 Å². The smallest absolute Gasteiger partial charge is 2.00 e. The van der Waals surface area contributed by atoms with Crippen LogP contribution in [0, 0.1) is 0 Å². The minimum Gasteiger partial charge on any atom is -2.00 e. The summed E-state index contributed by atoms with van der Waals surface area (Å²) in [4.78, 5) is 0. The van der Waals surface area contributed by atoms with Crippen molar-refractivity contribution in [2.75, 3.05) is 0 Å². The summed E-state index contributed by atoms with van der Waals surface area (Å²) < 4.78 is 0. The van der Waals surface area contributed by atoms with Gasteiger partial charge in [-0.1, -0.05) is 0 Å². The van der Waals surface area contributed by atoms with Gasteiger partial charge in [0.05, 0.1) is 0 Å². The van der Waals surface area contributed by atoms with Gasteiger partial charge in [0.2, 0.25) is 0 Å². The zero-order valence-corrected chi connectivity index (χ0v) is 13.0. The molecule has 0 atom stereocenters. The van der Waals surface area contributed by atoms with Gasteiger partial charge in [-0.3, -0.25) is 0 Å². The van der Waals surface area contributed by atoms with Gasteiger partial charge in [-0.2, -0.15) is 0 Å². The van der Waals surface area contributed by atoms with Crippen LogP contribution in [0.5, 0.6) is 0 Å². The SMILES string of the molecule is [Ga+3].[Hf+4].[In+3].[O-2].[O-2].[O-2].[O-2].[O-2]. The first kappa shape index (κ1) is 181. The fraction of sp³-hybridized carbons (Fsp3) is 0. The number of hydrogen-bond donors (Lipinski definition) is 0. The Morgan fingerprint density at radius 3 is 0.500 bits per heavy atom. The molecule has 0 aliphatic heterocycles. The van der Waals surface area contributed by atoms with E-state index in [1.165, 1.54) is 0 Å². The molecule has 0 rings (SSSR count). The van der Waals surface area contributed by atoms with E-state index < -0.39 is 0 Å². The molecule has 5 nitrogen and oxygen atoms in total. The molecule has 0 heterocycles. The Labute approximate surface area is 97.8 Å². The molecular formula is GaHfInO5. The van der Waals surface area contributed by atoms with Gasteiger partial charge in [0.25, 0.3) is 0 Å². The Kier molecular flexibility index (Phi) is 2930. The predicted molar refractivity (Wildman–Crippen MR) is 14.9 cm³/mol. The van der Waals surface area contributed by atoms with Crippen LogP contribution in [0.3, 0.4) is 0 Å². The maximum Gasteiger partial charge on any atom is 4.00 e. The zero-order chi connectivity index (χ0) is 0. The largest absolute Gasteiger partial charge is 4.00 e. The van der Waals surface area contributed by atoms with Gasteiger partial charge >= 0.3 is 71.5 Å². The summed E-state index contributed by atoms with van der Waals surface area (Å²) in [5.41, 5.74) is 0. The van der Waals surface area contributed by atoms with Crippen LogP contribution in [0.1, 0.15) is 0 Å². The van der Waals surface area contributed by atoms with Crippen molar-refractivity contribution in [1.82, 2.24) is 0 Å². The summed E-state index contributed by atoms with van der Waals surface area (Å²) in [5, 5.41) is 0. The van der Waals surface area contributed by atoms with Crippen molar-refractivity contribution in [1.29, 1.82) is 0 Å². The van der Waals surface area contributed by atoms with E-state index in [9.17, 15) is 0 Å². The minimum atomic E-state index is 0. The van der Waals surface area contributed by atoms with Crippen LogP contribution in [-0.4, -0.2) is 45.6 Å². The number of hydrogen-bond acceptors (Lipinski definition) is 0. The summed E-state index contributed by atoms with van der Waals surface area (Å²) in [5.74, 6) is 0. The molecule has 0 bridgehead atoms. The Morgan fingerprint density at radius 1 is 0.500 bits per heavy atom. The van der Waals surface area contributed by atoms with E-state index >= 15 is 0 Å². The molecule has 0 aromatic rings. The molecular weight excluding hydrogens is 443 g/mol. The van der Waals surface area contributed by atoms with E-state index in [4.69, 9.17) is 0 Å². The van der Waals surface area contributed by atoms with Crippen LogP contribution in [0.25, 0.3) is 0 Å². The van der Waals surface area contributed by atoms with Crippen LogP contribution in [0.15, 0.2) is 0 Å². The van der Waals surface area contributed by atoms with E-state index in [0.717, 1.165) is 0 Å².